The summed E-state index contributed by atoms with van der Waals surface area (Å²) in [6, 6.07) is 10.1. The zero-order valence-electron chi connectivity index (χ0n) is 10.8. The SMILES string of the molecule is CCOC(=O)Cc1nnnn1CCc1ccccc1. The minimum absolute atomic E-state index is 0.107. The Hall–Kier alpha value is -2.24. The molecule has 19 heavy (non-hydrogen) atoms. The number of esters is 1. The van der Waals surface area contributed by atoms with Gasteiger partial charge in [-0.15, -0.1) is 5.10 Å². The Morgan fingerprint density at radius 2 is 2.11 bits per heavy atom. The number of aromatic nitrogens is 4. The number of nitrogens with zero attached hydrogens (tertiary/aromatic N) is 4. The van der Waals surface area contributed by atoms with Crippen LogP contribution in [0.15, 0.2) is 30.3 Å². The smallest absolute Gasteiger partial charge is 0.313 e. The first-order valence-corrected chi connectivity index (χ1v) is 6.24. The van der Waals surface area contributed by atoms with Gasteiger partial charge in [0.05, 0.1) is 6.61 Å². The largest absolute Gasteiger partial charge is 0.466 e. The third kappa shape index (κ3) is 3.87. The molecule has 1 aromatic heterocycles. The zero-order valence-corrected chi connectivity index (χ0v) is 10.8. The topological polar surface area (TPSA) is 69.9 Å². The first kappa shape index (κ1) is 13.2. The molecule has 0 radical (unpaired) electrons. The van der Waals surface area contributed by atoms with Crippen LogP contribution in [0.5, 0.6) is 0 Å². The molecule has 0 amide bonds. The van der Waals surface area contributed by atoms with E-state index < -0.39 is 0 Å². The molecule has 0 aliphatic heterocycles. The van der Waals surface area contributed by atoms with Crippen molar-refractivity contribution in [3.8, 4) is 0 Å². The van der Waals surface area contributed by atoms with Crippen LogP contribution in [-0.2, 0) is 28.9 Å². The van der Waals surface area contributed by atoms with Crippen LogP contribution in [-0.4, -0.2) is 32.8 Å². The molecule has 0 fully saturated rings. The van der Waals surface area contributed by atoms with Gasteiger partial charge in [-0.05, 0) is 29.3 Å². The highest BCUT2D eigenvalue weighted by Crippen LogP contribution is 2.03. The summed E-state index contributed by atoms with van der Waals surface area (Å²) in [5.74, 6) is 0.229. The van der Waals surface area contributed by atoms with Gasteiger partial charge in [0.2, 0.25) is 0 Å². The Labute approximate surface area is 111 Å². The van der Waals surface area contributed by atoms with E-state index in [-0.39, 0.29) is 12.4 Å². The molecular formula is C13H16N4O2. The second-order valence-corrected chi connectivity index (χ2v) is 4.04. The van der Waals surface area contributed by atoms with Gasteiger partial charge in [0.1, 0.15) is 6.42 Å². The monoisotopic (exact) mass is 260 g/mol. The molecule has 2 aromatic rings. The maximum absolute atomic E-state index is 11.4. The highest BCUT2D eigenvalue weighted by Gasteiger charge is 2.11. The van der Waals surface area contributed by atoms with Crippen LogP contribution in [0.4, 0.5) is 0 Å². The first-order chi connectivity index (χ1) is 9.29. The second kappa shape index (κ2) is 6.63. The first-order valence-electron chi connectivity index (χ1n) is 6.24. The normalized spacial score (nSPS) is 10.4. The van der Waals surface area contributed by atoms with E-state index in [1.807, 2.05) is 18.2 Å². The molecule has 0 N–H and O–H groups in total. The van der Waals surface area contributed by atoms with E-state index >= 15 is 0 Å². The summed E-state index contributed by atoms with van der Waals surface area (Å²) < 4.78 is 6.53. The van der Waals surface area contributed by atoms with Crippen LogP contribution in [0.2, 0.25) is 0 Å². The number of hydrogen-bond donors (Lipinski definition) is 0. The number of carbonyl (C=O) groups is 1. The van der Waals surface area contributed by atoms with Crippen molar-refractivity contribution < 1.29 is 9.53 Å². The van der Waals surface area contributed by atoms with Gasteiger partial charge in [0.25, 0.3) is 0 Å². The Kier molecular flexibility index (Phi) is 4.60. The molecule has 0 atom stereocenters. The molecule has 6 heteroatoms. The summed E-state index contributed by atoms with van der Waals surface area (Å²) in [6.07, 6.45) is 0.928. The van der Waals surface area contributed by atoms with Crippen molar-refractivity contribution in [1.29, 1.82) is 0 Å². The van der Waals surface area contributed by atoms with E-state index in [1.165, 1.54) is 5.56 Å². The lowest BCUT2D eigenvalue weighted by atomic mass is 10.1. The van der Waals surface area contributed by atoms with Gasteiger partial charge in [-0.25, -0.2) is 4.68 Å². The molecule has 0 aliphatic carbocycles. The van der Waals surface area contributed by atoms with Crippen molar-refractivity contribution in [3.63, 3.8) is 0 Å². The Morgan fingerprint density at radius 3 is 2.84 bits per heavy atom. The number of carbonyl (C=O) groups excluding carboxylic acids is 1. The molecule has 0 saturated heterocycles. The van der Waals surface area contributed by atoms with Gasteiger partial charge in [-0.2, -0.15) is 0 Å². The predicted molar refractivity (Wildman–Crippen MR) is 68.3 cm³/mol. The van der Waals surface area contributed by atoms with Crippen molar-refractivity contribution in [1.82, 2.24) is 20.2 Å². The summed E-state index contributed by atoms with van der Waals surface area (Å²) in [5.41, 5.74) is 1.21. The Balaban J connectivity index is 1.94. The molecule has 1 aromatic carbocycles. The highest BCUT2D eigenvalue weighted by molar-refractivity contribution is 5.71. The van der Waals surface area contributed by atoms with Crippen molar-refractivity contribution in [2.24, 2.45) is 0 Å². The molecule has 100 valence electrons. The van der Waals surface area contributed by atoms with Crippen LogP contribution in [0.25, 0.3) is 0 Å². The quantitative estimate of drug-likeness (QED) is 0.725. The number of hydrogen-bond acceptors (Lipinski definition) is 5. The minimum Gasteiger partial charge on any atom is -0.466 e. The summed E-state index contributed by atoms with van der Waals surface area (Å²) in [7, 11) is 0. The maximum atomic E-state index is 11.4. The van der Waals surface area contributed by atoms with Crippen LogP contribution >= 0.6 is 0 Å². The fourth-order valence-electron chi connectivity index (χ4n) is 1.74. The van der Waals surface area contributed by atoms with Crippen molar-refractivity contribution in [2.45, 2.75) is 26.3 Å². The van der Waals surface area contributed by atoms with Gasteiger partial charge in [0, 0.05) is 6.54 Å². The third-order valence-electron chi connectivity index (χ3n) is 2.67. The van der Waals surface area contributed by atoms with Crippen LogP contribution in [0, 0.1) is 0 Å². The maximum Gasteiger partial charge on any atom is 0.313 e. The fraction of sp³-hybridized carbons (Fsp3) is 0.385. The lowest BCUT2D eigenvalue weighted by molar-refractivity contribution is -0.142. The van der Waals surface area contributed by atoms with E-state index in [1.54, 1.807) is 11.6 Å². The Morgan fingerprint density at radius 1 is 1.32 bits per heavy atom. The van der Waals surface area contributed by atoms with Gasteiger partial charge in [-0.1, -0.05) is 30.3 Å². The van der Waals surface area contributed by atoms with Crippen molar-refractivity contribution in [2.75, 3.05) is 6.61 Å². The molecule has 0 bridgehead atoms. The van der Waals surface area contributed by atoms with Crippen LogP contribution in [0.1, 0.15) is 18.3 Å². The second-order valence-electron chi connectivity index (χ2n) is 4.04. The molecule has 0 spiro atoms. The van der Waals surface area contributed by atoms with Crippen LogP contribution in [0.3, 0.4) is 0 Å². The van der Waals surface area contributed by atoms with E-state index in [0.717, 1.165) is 6.42 Å². The van der Waals surface area contributed by atoms with E-state index in [2.05, 4.69) is 27.7 Å². The number of rotatable bonds is 6. The third-order valence-corrected chi connectivity index (χ3v) is 2.67. The predicted octanol–water partition coefficient (Wildman–Crippen LogP) is 1.02. The molecule has 1 heterocycles. The zero-order chi connectivity index (χ0) is 13.5. The van der Waals surface area contributed by atoms with E-state index in [0.29, 0.717) is 19.0 Å². The molecule has 0 unspecified atom stereocenters. The van der Waals surface area contributed by atoms with Crippen molar-refractivity contribution >= 4 is 5.97 Å². The lowest BCUT2D eigenvalue weighted by Gasteiger charge is -2.04. The standard InChI is InChI=1S/C13H16N4O2/c1-2-19-13(18)10-12-14-15-16-17(12)9-8-11-6-4-3-5-7-11/h3-7H,2,8-10H2,1H3. The average Bonchev–Trinajstić information content (AvgIpc) is 2.85. The lowest BCUT2D eigenvalue weighted by Crippen LogP contribution is -2.14. The number of benzene rings is 1. The number of tetrazole rings is 1. The Bertz CT molecular complexity index is 524. The molecule has 0 aliphatic rings. The molecule has 2 rings (SSSR count). The summed E-state index contributed by atoms with van der Waals surface area (Å²) in [4.78, 5) is 11.4. The van der Waals surface area contributed by atoms with Crippen molar-refractivity contribution in [3.05, 3.63) is 41.7 Å². The number of aryl methyl sites for hydroxylation is 2. The van der Waals surface area contributed by atoms with Gasteiger partial charge < -0.3 is 4.74 Å². The summed E-state index contributed by atoms with van der Waals surface area (Å²) in [6.45, 7) is 2.78. The summed E-state index contributed by atoms with van der Waals surface area (Å²) in [5, 5.41) is 11.3. The average molecular weight is 260 g/mol. The van der Waals surface area contributed by atoms with Gasteiger partial charge in [-0.3, -0.25) is 4.79 Å². The highest BCUT2D eigenvalue weighted by atomic mass is 16.5. The molecular weight excluding hydrogens is 244 g/mol. The number of ether oxygens (including phenoxy) is 1. The fourth-order valence-corrected chi connectivity index (χ4v) is 1.74. The van der Waals surface area contributed by atoms with Gasteiger partial charge >= 0.3 is 5.97 Å². The molecule has 0 saturated carbocycles. The summed E-state index contributed by atoms with van der Waals surface area (Å²) >= 11 is 0. The van der Waals surface area contributed by atoms with E-state index in [9.17, 15) is 4.79 Å². The van der Waals surface area contributed by atoms with E-state index in [4.69, 9.17) is 4.74 Å². The minimum atomic E-state index is -0.307. The molecule has 6 nitrogen and oxygen atoms in total. The van der Waals surface area contributed by atoms with Gasteiger partial charge in [0.15, 0.2) is 5.82 Å². The van der Waals surface area contributed by atoms with Crippen LogP contribution < -0.4 is 0 Å².